The van der Waals surface area contributed by atoms with Crippen LogP contribution in [0, 0.1) is 12.8 Å². The summed E-state index contributed by atoms with van der Waals surface area (Å²) in [6.07, 6.45) is 4.81. The Balaban J connectivity index is 2.07. The third kappa shape index (κ3) is 3.42. The minimum absolute atomic E-state index is 0.375. The van der Waals surface area contributed by atoms with Gasteiger partial charge in [-0.2, -0.15) is 0 Å². The van der Waals surface area contributed by atoms with Gasteiger partial charge in [0.25, 0.3) is 0 Å². The lowest BCUT2D eigenvalue weighted by Gasteiger charge is -2.20. The van der Waals surface area contributed by atoms with E-state index in [1.807, 2.05) is 19.4 Å². The zero-order valence-electron chi connectivity index (χ0n) is 11.8. The Morgan fingerprint density at radius 1 is 1.42 bits per heavy atom. The van der Waals surface area contributed by atoms with Crippen LogP contribution >= 0.6 is 11.3 Å². The highest BCUT2D eigenvalue weighted by Gasteiger charge is 2.18. The van der Waals surface area contributed by atoms with Crippen molar-refractivity contribution in [1.29, 1.82) is 0 Å². The van der Waals surface area contributed by atoms with E-state index in [2.05, 4.69) is 33.8 Å². The van der Waals surface area contributed by atoms with Gasteiger partial charge in [-0.05, 0) is 12.8 Å². The van der Waals surface area contributed by atoms with Crippen LogP contribution in [-0.2, 0) is 13.0 Å². The number of aromatic nitrogens is 3. The smallest absolute Gasteiger partial charge is 0.0948 e. The SMILES string of the molecule is Cc1csc(CCn2cncc2C(CN)C(C)C)n1. The number of hydrogen-bond acceptors (Lipinski definition) is 4. The van der Waals surface area contributed by atoms with Gasteiger partial charge >= 0.3 is 0 Å². The van der Waals surface area contributed by atoms with Gasteiger partial charge in [0, 0.05) is 48.4 Å². The van der Waals surface area contributed by atoms with Crippen molar-refractivity contribution < 1.29 is 0 Å². The minimum atomic E-state index is 0.375. The number of imidazole rings is 1. The van der Waals surface area contributed by atoms with Crippen LogP contribution in [0.15, 0.2) is 17.9 Å². The van der Waals surface area contributed by atoms with Crippen molar-refractivity contribution in [3.63, 3.8) is 0 Å². The molecule has 19 heavy (non-hydrogen) atoms. The van der Waals surface area contributed by atoms with Crippen LogP contribution in [0.1, 0.15) is 36.2 Å². The van der Waals surface area contributed by atoms with Gasteiger partial charge in [-0.15, -0.1) is 11.3 Å². The number of rotatable bonds is 6. The number of nitrogens with zero attached hydrogens (tertiary/aromatic N) is 3. The lowest BCUT2D eigenvalue weighted by molar-refractivity contribution is 0.471. The normalized spacial score (nSPS) is 13.1. The van der Waals surface area contributed by atoms with Crippen molar-refractivity contribution in [2.45, 2.75) is 39.7 Å². The summed E-state index contributed by atoms with van der Waals surface area (Å²) in [6.45, 7) is 8.04. The second-order valence-electron chi connectivity index (χ2n) is 5.23. The number of thiazole rings is 1. The summed E-state index contributed by atoms with van der Waals surface area (Å²) in [5.74, 6) is 0.906. The molecule has 0 aliphatic heterocycles. The van der Waals surface area contributed by atoms with Crippen LogP contribution in [0.3, 0.4) is 0 Å². The van der Waals surface area contributed by atoms with Crippen LogP contribution in [0.25, 0.3) is 0 Å². The zero-order chi connectivity index (χ0) is 13.8. The molecule has 0 aliphatic rings. The largest absolute Gasteiger partial charge is 0.334 e. The van der Waals surface area contributed by atoms with E-state index in [0.29, 0.717) is 18.4 Å². The average molecular weight is 278 g/mol. The summed E-state index contributed by atoms with van der Waals surface area (Å²) in [6, 6.07) is 0. The fourth-order valence-electron chi connectivity index (χ4n) is 2.29. The van der Waals surface area contributed by atoms with E-state index >= 15 is 0 Å². The predicted octanol–water partition coefficient (Wildman–Crippen LogP) is 2.59. The van der Waals surface area contributed by atoms with Gasteiger partial charge in [0.05, 0.1) is 11.3 Å². The van der Waals surface area contributed by atoms with Crippen LogP contribution in [0.2, 0.25) is 0 Å². The lowest BCUT2D eigenvalue weighted by Crippen LogP contribution is -2.21. The first-order valence-corrected chi connectivity index (χ1v) is 7.61. The Hall–Kier alpha value is -1.20. The van der Waals surface area contributed by atoms with Crippen LogP contribution in [0.5, 0.6) is 0 Å². The van der Waals surface area contributed by atoms with Crippen molar-refractivity contribution in [3.05, 3.63) is 34.3 Å². The van der Waals surface area contributed by atoms with Crippen molar-refractivity contribution in [3.8, 4) is 0 Å². The molecule has 2 heterocycles. The molecule has 4 nitrogen and oxygen atoms in total. The molecule has 0 spiro atoms. The summed E-state index contributed by atoms with van der Waals surface area (Å²) in [5, 5.41) is 3.28. The molecule has 2 aromatic heterocycles. The van der Waals surface area contributed by atoms with E-state index < -0.39 is 0 Å². The third-order valence-electron chi connectivity index (χ3n) is 3.42. The summed E-state index contributed by atoms with van der Waals surface area (Å²) < 4.78 is 2.22. The van der Waals surface area contributed by atoms with Gasteiger partial charge in [0.15, 0.2) is 0 Å². The Morgan fingerprint density at radius 2 is 2.21 bits per heavy atom. The van der Waals surface area contributed by atoms with Gasteiger partial charge in [0.1, 0.15) is 0 Å². The Labute approximate surface area is 118 Å². The minimum Gasteiger partial charge on any atom is -0.334 e. The van der Waals surface area contributed by atoms with E-state index in [1.165, 1.54) is 10.7 Å². The first-order valence-electron chi connectivity index (χ1n) is 6.73. The van der Waals surface area contributed by atoms with Gasteiger partial charge in [0.2, 0.25) is 0 Å². The maximum Gasteiger partial charge on any atom is 0.0948 e. The quantitative estimate of drug-likeness (QED) is 0.883. The molecule has 0 bridgehead atoms. The average Bonchev–Trinajstić information content (AvgIpc) is 2.96. The number of nitrogens with two attached hydrogens (primary N) is 1. The fourth-order valence-corrected chi connectivity index (χ4v) is 3.06. The maximum absolute atomic E-state index is 5.89. The third-order valence-corrected chi connectivity index (χ3v) is 4.44. The summed E-state index contributed by atoms with van der Waals surface area (Å²) in [7, 11) is 0. The van der Waals surface area contributed by atoms with Gasteiger partial charge in [-0.25, -0.2) is 9.97 Å². The Bertz CT molecular complexity index is 515. The van der Waals surface area contributed by atoms with Crippen molar-refractivity contribution in [2.75, 3.05) is 6.54 Å². The fraction of sp³-hybridized carbons (Fsp3) is 0.571. The Kier molecular flexibility index (Phi) is 4.71. The standard InChI is InChI=1S/C14H22N4S/c1-10(2)12(6-15)13-7-16-9-18(13)5-4-14-17-11(3)8-19-14/h7-10,12H,4-6,15H2,1-3H3. The highest BCUT2D eigenvalue weighted by atomic mass is 32.1. The Morgan fingerprint density at radius 3 is 2.79 bits per heavy atom. The first-order chi connectivity index (χ1) is 9.11. The van der Waals surface area contributed by atoms with Gasteiger partial charge in [-0.1, -0.05) is 13.8 Å². The summed E-state index contributed by atoms with van der Waals surface area (Å²) in [4.78, 5) is 8.78. The van der Waals surface area contributed by atoms with E-state index in [1.54, 1.807) is 11.3 Å². The van der Waals surface area contributed by atoms with Gasteiger partial charge < -0.3 is 10.3 Å². The molecule has 5 heteroatoms. The molecule has 2 aromatic rings. The van der Waals surface area contributed by atoms with E-state index in [9.17, 15) is 0 Å². The molecule has 2 rings (SSSR count). The second kappa shape index (κ2) is 6.30. The van der Waals surface area contributed by atoms with Crippen LogP contribution in [0.4, 0.5) is 0 Å². The second-order valence-corrected chi connectivity index (χ2v) is 6.17. The van der Waals surface area contributed by atoms with Crippen LogP contribution < -0.4 is 5.73 Å². The topological polar surface area (TPSA) is 56.7 Å². The molecule has 2 N–H and O–H groups in total. The van der Waals surface area contributed by atoms with E-state index in [4.69, 9.17) is 5.73 Å². The molecule has 0 fully saturated rings. The molecule has 1 unspecified atom stereocenters. The highest BCUT2D eigenvalue weighted by Crippen LogP contribution is 2.23. The molecule has 0 amide bonds. The molecule has 0 aliphatic carbocycles. The number of aryl methyl sites for hydroxylation is 3. The molecule has 0 saturated carbocycles. The molecule has 0 saturated heterocycles. The molecule has 0 radical (unpaired) electrons. The molecular weight excluding hydrogens is 256 g/mol. The molecular formula is C14H22N4S. The zero-order valence-corrected chi connectivity index (χ0v) is 12.7. The summed E-state index contributed by atoms with van der Waals surface area (Å²) in [5.41, 5.74) is 8.24. The monoisotopic (exact) mass is 278 g/mol. The lowest BCUT2D eigenvalue weighted by atomic mass is 9.93. The highest BCUT2D eigenvalue weighted by molar-refractivity contribution is 7.09. The molecule has 104 valence electrons. The first kappa shape index (κ1) is 14.2. The molecule has 0 aromatic carbocycles. The predicted molar refractivity (Wildman–Crippen MR) is 79.4 cm³/mol. The van der Waals surface area contributed by atoms with Crippen molar-refractivity contribution in [1.82, 2.24) is 14.5 Å². The summed E-state index contributed by atoms with van der Waals surface area (Å²) >= 11 is 1.73. The maximum atomic E-state index is 5.89. The number of hydrogen-bond donors (Lipinski definition) is 1. The van der Waals surface area contributed by atoms with Gasteiger partial charge in [-0.3, -0.25) is 0 Å². The van der Waals surface area contributed by atoms with Crippen molar-refractivity contribution in [2.24, 2.45) is 11.7 Å². The van der Waals surface area contributed by atoms with E-state index in [0.717, 1.165) is 18.7 Å². The van der Waals surface area contributed by atoms with Crippen molar-refractivity contribution >= 4 is 11.3 Å². The van der Waals surface area contributed by atoms with Crippen LogP contribution in [-0.4, -0.2) is 21.1 Å². The van der Waals surface area contributed by atoms with E-state index in [-0.39, 0.29) is 0 Å². The molecule has 1 atom stereocenters.